The van der Waals surface area contributed by atoms with E-state index in [9.17, 15) is 9.59 Å². The zero-order valence-electron chi connectivity index (χ0n) is 14.5. The maximum atomic E-state index is 12.0. The summed E-state index contributed by atoms with van der Waals surface area (Å²) in [4.78, 5) is 28.2. The van der Waals surface area contributed by atoms with E-state index < -0.39 is 11.9 Å². The molecule has 0 aliphatic heterocycles. The molecular weight excluding hydrogens is 306 g/mol. The average Bonchev–Trinajstić information content (AvgIpc) is 2.58. The van der Waals surface area contributed by atoms with Gasteiger partial charge >= 0.3 is 5.97 Å². The molecule has 0 aliphatic carbocycles. The number of hydrogen-bond donors (Lipinski definition) is 0. The minimum atomic E-state index is -0.995. The van der Waals surface area contributed by atoms with Crippen LogP contribution < -0.4 is 0 Å². The molecule has 0 aliphatic rings. The van der Waals surface area contributed by atoms with Crippen molar-refractivity contribution >= 4 is 17.5 Å². The molecule has 130 valence electrons. The summed E-state index contributed by atoms with van der Waals surface area (Å²) in [6.45, 7) is 8.01. The lowest BCUT2D eigenvalue weighted by Gasteiger charge is -2.20. The number of esters is 1. The minimum Gasteiger partial charge on any atom is -0.468 e. The average molecular weight is 331 g/mol. The Bertz CT molecular complexity index is 580. The summed E-state index contributed by atoms with van der Waals surface area (Å²) in [5, 5.41) is 0. The van der Waals surface area contributed by atoms with Crippen LogP contribution in [0.3, 0.4) is 0 Å². The molecular formula is C19H25NO4. The molecule has 1 rings (SSSR count). The third kappa shape index (κ3) is 6.08. The number of hydrogen-bond acceptors (Lipinski definition) is 5. The van der Waals surface area contributed by atoms with E-state index in [2.05, 4.69) is 11.6 Å². The molecule has 1 aromatic rings. The Hall–Kier alpha value is -2.27. The van der Waals surface area contributed by atoms with Crippen molar-refractivity contribution in [2.45, 2.75) is 20.5 Å². The van der Waals surface area contributed by atoms with Crippen LogP contribution in [-0.2, 0) is 25.7 Å². The monoisotopic (exact) mass is 331 g/mol. The number of benzene rings is 1. The van der Waals surface area contributed by atoms with Gasteiger partial charge in [-0.2, -0.15) is 0 Å². The molecule has 0 radical (unpaired) electrons. The van der Waals surface area contributed by atoms with Crippen LogP contribution in [0, 0.1) is 11.8 Å². The molecule has 0 spiro atoms. The van der Waals surface area contributed by atoms with Gasteiger partial charge in [0, 0.05) is 11.6 Å². The van der Waals surface area contributed by atoms with Crippen molar-refractivity contribution in [3.63, 3.8) is 0 Å². The van der Waals surface area contributed by atoms with Crippen LogP contribution in [-0.4, -0.2) is 37.7 Å². The summed E-state index contributed by atoms with van der Waals surface area (Å²) in [5.74, 6) is -2.08. The fraction of sp³-hybridized carbons (Fsp3) is 0.421. The molecule has 0 fully saturated rings. The van der Waals surface area contributed by atoms with E-state index in [1.807, 2.05) is 37.3 Å². The van der Waals surface area contributed by atoms with Gasteiger partial charge in [0.1, 0.15) is 5.78 Å². The zero-order chi connectivity index (χ0) is 17.9. The van der Waals surface area contributed by atoms with E-state index >= 15 is 0 Å². The van der Waals surface area contributed by atoms with Gasteiger partial charge in [-0.15, -0.1) is 6.58 Å². The van der Waals surface area contributed by atoms with E-state index in [1.165, 1.54) is 14.0 Å². The number of rotatable bonds is 10. The second-order valence-corrected chi connectivity index (χ2v) is 5.52. The number of ether oxygens (including phenoxy) is 2. The molecule has 0 saturated carbocycles. The Labute approximate surface area is 143 Å². The maximum Gasteiger partial charge on any atom is 0.322 e. The first-order valence-electron chi connectivity index (χ1n) is 7.86. The Morgan fingerprint density at radius 3 is 2.50 bits per heavy atom. The number of aliphatic imine (C=N–C) groups is 1. The first kappa shape index (κ1) is 19.8. The van der Waals surface area contributed by atoms with E-state index in [0.717, 1.165) is 5.56 Å². The fourth-order valence-corrected chi connectivity index (χ4v) is 2.33. The van der Waals surface area contributed by atoms with Crippen molar-refractivity contribution in [2.75, 3.05) is 20.3 Å². The lowest BCUT2D eigenvalue weighted by molar-refractivity contribution is -0.146. The van der Waals surface area contributed by atoms with Crippen LogP contribution in [0.5, 0.6) is 0 Å². The number of Topliss-reactive ketones (excluding diaryl/α,β-unsaturated/α-hetero) is 1. The quantitative estimate of drug-likeness (QED) is 0.286. The molecule has 0 bridgehead atoms. The molecule has 2 atom stereocenters. The molecule has 0 amide bonds. The van der Waals surface area contributed by atoms with Crippen LogP contribution in [0.1, 0.15) is 19.4 Å². The van der Waals surface area contributed by atoms with E-state index in [0.29, 0.717) is 25.5 Å². The number of nitrogens with zero attached hydrogens (tertiary/aromatic N) is 1. The largest absolute Gasteiger partial charge is 0.468 e. The van der Waals surface area contributed by atoms with E-state index in [-0.39, 0.29) is 11.7 Å². The lowest BCUT2D eigenvalue weighted by atomic mass is 9.90. The third-order valence-electron chi connectivity index (χ3n) is 3.53. The topological polar surface area (TPSA) is 65.0 Å². The van der Waals surface area contributed by atoms with E-state index in [1.54, 1.807) is 6.08 Å². The summed E-state index contributed by atoms with van der Waals surface area (Å²) in [5.41, 5.74) is 1.53. The second kappa shape index (κ2) is 10.5. The van der Waals surface area contributed by atoms with Gasteiger partial charge in [0.05, 0.1) is 26.9 Å². The molecule has 0 heterocycles. The van der Waals surface area contributed by atoms with Gasteiger partial charge in [-0.3, -0.25) is 14.6 Å². The first-order chi connectivity index (χ1) is 11.5. The Kier molecular flexibility index (Phi) is 8.65. The van der Waals surface area contributed by atoms with Crippen LogP contribution in [0.4, 0.5) is 0 Å². The molecule has 2 unspecified atom stereocenters. The van der Waals surface area contributed by atoms with Gasteiger partial charge in [-0.25, -0.2) is 0 Å². The highest BCUT2D eigenvalue weighted by atomic mass is 16.5. The highest BCUT2D eigenvalue weighted by molar-refractivity contribution is 6.19. The van der Waals surface area contributed by atoms with Gasteiger partial charge < -0.3 is 9.47 Å². The molecule has 0 saturated heterocycles. The van der Waals surface area contributed by atoms with Crippen molar-refractivity contribution in [3.8, 4) is 0 Å². The van der Waals surface area contributed by atoms with Crippen LogP contribution >= 0.6 is 0 Å². The summed E-state index contributed by atoms with van der Waals surface area (Å²) in [6, 6.07) is 9.79. The van der Waals surface area contributed by atoms with Crippen molar-refractivity contribution < 1.29 is 19.1 Å². The number of carbonyl (C=O) groups excluding carboxylic acids is 2. The van der Waals surface area contributed by atoms with Gasteiger partial charge in [0.2, 0.25) is 0 Å². The normalized spacial score (nSPS) is 13.9. The lowest BCUT2D eigenvalue weighted by Crippen LogP contribution is -2.36. The highest BCUT2D eigenvalue weighted by Crippen LogP contribution is 2.15. The number of carbonyl (C=O) groups is 2. The zero-order valence-corrected chi connectivity index (χ0v) is 14.5. The van der Waals surface area contributed by atoms with Gasteiger partial charge in [-0.05, 0) is 12.5 Å². The van der Waals surface area contributed by atoms with Crippen molar-refractivity contribution in [3.05, 3.63) is 48.6 Å². The van der Waals surface area contributed by atoms with Crippen molar-refractivity contribution in [1.82, 2.24) is 0 Å². The number of ketones is 1. The predicted octanol–water partition coefficient (Wildman–Crippen LogP) is 2.84. The molecule has 5 heteroatoms. The van der Waals surface area contributed by atoms with Crippen molar-refractivity contribution in [1.29, 1.82) is 0 Å². The molecule has 0 aromatic heterocycles. The molecule has 24 heavy (non-hydrogen) atoms. The van der Waals surface area contributed by atoms with Gasteiger partial charge in [0.25, 0.3) is 0 Å². The Morgan fingerprint density at radius 2 is 1.96 bits per heavy atom. The fourth-order valence-electron chi connectivity index (χ4n) is 2.33. The van der Waals surface area contributed by atoms with E-state index in [4.69, 9.17) is 9.47 Å². The van der Waals surface area contributed by atoms with Gasteiger partial charge in [0.15, 0.2) is 5.92 Å². The molecule has 1 aromatic carbocycles. The second-order valence-electron chi connectivity index (χ2n) is 5.52. The predicted molar refractivity (Wildman–Crippen MR) is 93.9 cm³/mol. The third-order valence-corrected chi connectivity index (χ3v) is 3.53. The summed E-state index contributed by atoms with van der Waals surface area (Å²) in [6.07, 6.45) is 1.62. The standard InChI is InChI=1S/C19H25NO4/c1-5-11-20-18(17(15(3)21)19(22)23-4)14(2)12-24-13-16-9-7-6-8-10-16/h5-10,14,17H,1,11-13H2,2-4H3. The molecule has 0 N–H and O–H groups in total. The van der Waals surface area contributed by atoms with Gasteiger partial charge in [-0.1, -0.05) is 43.3 Å². The Morgan fingerprint density at radius 1 is 1.29 bits per heavy atom. The highest BCUT2D eigenvalue weighted by Gasteiger charge is 2.32. The summed E-state index contributed by atoms with van der Waals surface area (Å²) < 4.78 is 10.5. The first-order valence-corrected chi connectivity index (χ1v) is 7.86. The summed E-state index contributed by atoms with van der Waals surface area (Å²) >= 11 is 0. The summed E-state index contributed by atoms with van der Waals surface area (Å²) in [7, 11) is 1.26. The number of methoxy groups -OCH3 is 1. The Balaban J connectivity index is 2.80. The SMILES string of the molecule is C=CCN=C(C(C)COCc1ccccc1)C(C(C)=O)C(=O)OC. The maximum absolute atomic E-state index is 12.0. The minimum absolute atomic E-state index is 0.193. The van der Waals surface area contributed by atoms with Crippen LogP contribution in [0.2, 0.25) is 0 Å². The molecule has 5 nitrogen and oxygen atoms in total. The van der Waals surface area contributed by atoms with Crippen LogP contribution in [0.25, 0.3) is 0 Å². The van der Waals surface area contributed by atoms with Crippen LogP contribution in [0.15, 0.2) is 48.0 Å². The van der Waals surface area contributed by atoms with Crippen molar-refractivity contribution in [2.24, 2.45) is 16.8 Å². The smallest absolute Gasteiger partial charge is 0.322 e.